The number of thiazole rings is 1. The van der Waals surface area contributed by atoms with Gasteiger partial charge in [0.25, 0.3) is 0 Å². The summed E-state index contributed by atoms with van der Waals surface area (Å²) in [6, 6.07) is 0. The summed E-state index contributed by atoms with van der Waals surface area (Å²) >= 11 is 1.56. The second kappa shape index (κ2) is 4.70. The molecule has 0 aromatic carbocycles. The van der Waals surface area contributed by atoms with Gasteiger partial charge in [0, 0.05) is 31.2 Å². The van der Waals surface area contributed by atoms with E-state index in [1.54, 1.807) is 11.3 Å². The van der Waals surface area contributed by atoms with E-state index in [0.29, 0.717) is 5.69 Å². The number of nitrogens with zero attached hydrogens (tertiary/aromatic N) is 4. The molecule has 0 bridgehead atoms. The molecule has 0 radical (unpaired) electrons. The van der Waals surface area contributed by atoms with E-state index in [1.165, 1.54) is 0 Å². The van der Waals surface area contributed by atoms with E-state index in [4.69, 9.17) is 0 Å². The van der Waals surface area contributed by atoms with Crippen molar-refractivity contribution in [3.05, 3.63) is 17.3 Å². The first-order chi connectivity index (χ1) is 8.79. The summed E-state index contributed by atoms with van der Waals surface area (Å²) in [5.74, 6) is 0.840. The van der Waals surface area contributed by atoms with Gasteiger partial charge in [-0.25, -0.2) is 4.98 Å². The number of carbonyl (C=O) groups is 1. The molecule has 0 unspecified atom stereocenters. The Morgan fingerprint density at radius 2 is 2.22 bits per heavy atom. The SMILES string of the molecule is CN1CCCN(c2nc3sccn3c2C=O)CC1. The van der Waals surface area contributed by atoms with Crippen LogP contribution in [0.25, 0.3) is 4.96 Å². The molecule has 1 fully saturated rings. The van der Waals surface area contributed by atoms with Crippen LogP contribution in [-0.2, 0) is 0 Å². The Hall–Kier alpha value is -1.40. The second-order valence-corrected chi connectivity index (χ2v) is 5.51. The average Bonchev–Trinajstić information content (AvgIpc) is 2.86. The summed E-state index contributed by atoms with van der Waals surface area (Å²) in [7, 11) is 2.13. The molecule has 0 N–H and O–H groups in total. The molecule has 1 aliphatic rings. The minimum absolute atomic E-state index is 0.677. The normalized spacial score (nSPS) is 18.2. The molecule has 0 spiro atoms. The van der Waals surface area contributed by atoms with Gasteiger partial charge >= 0.3 is 0 Å². The number of anilines is 1. The first kappa shape index (κ1) is 11.7. The number of rotatable bonds is 2. The Labute approximate surface area is 110 Å². The molecule has 18 heavy (non-hydrogen) atoms. The van der Waals surface area contributed by atoms with Crippen molar-refractivity contribution in [3.8, 4) is 0 Å². The zero-order chi connectivity index (χ0) is 12.5. The van der Waals surface area contributed by atoms with Crippen LogP contribution in [-0.4, -0.2) is 53.8 Å². The van der Waals surface area contributed by atoms with Crippen LogP contribution in [0.1, 0.15) is 16.9 Å². The number of likely N-dealkylation sites (N-methyl/N-ethyl adjacent to an activating group) is 1. The highest BCUT2D eigenvalue weighted by atomic mass is 32.1. The van der Waals surface area contributed by atoms with E-state index in [0.717, 1.165) is 49.7 Å². The number of carbonyl (C=O) groups excluding carboxylic acids is 1. The van der Waals surface area contributed by atoms with Gasteiger partial charge in [0.15, 0.2) is 17.1 Å². The maximum Gasteiger partial charge on any atom is 0.196 e. The van der Waals surface area contributed by atoms with Crippen LogP contribution in [0.5, 0.6) is 0 Å². The Bertz CT molecular complexity index is 561. The van der Waals surface area contributed by atoms with Crippen LogP contribution in [0, 0.1) is 0 Å². The molecule has 5 nitrogen and oxygen atoms in total. The number of imidazole rings is 1. The fraction of sp³-hybridized carbons (Fsp3) is 0.500. The lowest BCUT2D eigenvalue weighted by molar-refractivity contribution is 0.111. The zero-order valence-corrected chi connectivity index (χ0v) is 11.2. The van der Waals surface area contributed by atoms with Gasteiger partial charge in [-0.3, -0.25) is 9.20 Å². The lowest BCUT2D eigenvalue weighted by Gasteiger charge is -2.20. The third kappa shape index (κ3) is 1.91. The number of aldehydes is 1. The number of fused-ring (bicyclic) bond motifs is 1. The van der Waals surface area contributed by atoms with Gasteiger partial charge in [0.2, 0.25) is 0 Å². The molecule has 1 aliphatic heterocycles. The molecule has 2 aromatic rings. The molecule has 3 rings (SSSR count). The summed E-state index contributed by atoms with van der Waals surface area (Å²) in [6.45, 7) is 4.02. The number of hydrogen-bond acceptors (Lipinski definition) is 5. The minimum atomic E-state index is 0.677. The maximum absolute atomic E-state index is 11.3. The summed E-state index contributed by atoms with van der Waals surface area (Å²) < 4.78 is 1.88. The van der Waals surface area contributed by atoms with Gasteiger partial charge in [0.1, 0.15) is 5.69 Å². The highest BCUT2D eigenvalue weighted by Crippen LogP contribution is 2.24. The molecule has 0 atom stereocenters. The first-order valence-electron chi connectivity index (χ1n) is 6.14. The van der Waals surface area contributed by atoms with E-state index in [-0.39, 0.29) is 0 Å². The van der Waals surface area contributed by atoms with Crippen LogP contribution in [0.4, 0.5) is 5.82 Å². The molecule has 96 valence electrons. The third-order valence-corrected chi connectivity index (χ3v) is 4.17. The predicted molar refractivity (Wildman–Crippen MR) is 72.8 cm³/mol. The Morgan fingerprint density at radius 3 is 3.06 bits per heavy atom. The first-order valence-corrected chi connectivity index (χ1v) is 7.02. The van der Waals surface area contributed by atoms with Crippen molar-refractivity contribution in [1.82, 2.24) is 14.3 Å². The molecule has 0 saturated carbocycles. The zero-order valence-electron chi connectivity index (χ0n) is 10.4. The van der Waals surface area contributed by atoms with Gasteiger partial charge in [0.05, 0.1) is 0 Å². The van der Waals surface area contributed by atoms with Crippen molar-refractivity contribution < 1.29 is 4.79 Å². The molecular formula is C12H16N4OS. The van der Waals surface area contributed by atoms with Crippen LogP contribution in [0.3, 0.4) is 0 Å². The summed E-state index contributed by atoms with van der Waals surface area (Å²) in [4.78, 5) is 21.3. The second-order valence-electron chi connectivity index (χ2n) is 4.64. The van der Waals surface area contributed by atoms with Crippen molar-refractivity contribution >= 4 is 28.4 Å². The fourth-order valence-electron chi connectivity index (χ4n) is 2.39. The number of aromatic nitrogens is 2. The van der Waals surface area contributed by atoms with Gasteiger partial charge < -0.3 is 9.80 Å². The van der Waals surface area contributed by atoms with E-state index in [9.17, 15) is 4.79 Å². The molecule has 2 aromatic heterocycles. The monoisotopic (exact) mass is 264 g/mol. The number of hydrogen-bond donors (Lipinski definition) is 0. The lowest BCUT2D eigenvalue weighted by atomic mass is 10.3. The maximum atomic E-state index is 11.3. The van der Waals surface area contributed by atoms with Crippen LogP contribution in [0.2, 0.25) is 0 Å². The Kier molecular flexibility index (Phi) is 3.05. The van der Waals surface area contributed by atoms with E-state index < -0.39 is 0 Å². The Balaban J connectivity index is 1.97. The van der Waals surface area contributed by atoms with Crippen molar-refractivity contribution in [2.75, 3.05) is 38.1 Å². The van der Waals surface area contributed by atoms with Crippen molar-refractivity contribution in [2.45, 2.75) is 6.42 Å². The molecule has 3 heterocycles. The van der Waals surface area contributed by atoms with Gasteiger partial charge in [-0.15, -0.1) is 11.3 Å². The summed E-state index contributed by atoms with van der Waals surface area (Å²) in [5, 5.41) is 1.95. The highest BCUT2D eigenvalue weighted by molar-refractivity contribution is 7.15. The summed E-state index contributed by atoms with van der Waals surface area (Å²) in [6.07, 6.45) is 3.93. The highest BCUT2D eigenvalue weighted by Gasteiger charge is 2.20. The van der Waals surface area contributed by atoms with Crippen molar-refractivity contribution in [2.24, 2.45) is 0 Å². The molecular weight excluding hydrogens is 248 g/mol. The minimum Gasteiger partial charge on any atom is -0.353 e. The van der Waals surface area contributed by atoms with E-state index in [2.05, 4.69) is 21.8 Å². The largest absolute Gasteiger partial charge is 0.353 e. The third-order valence-electron chi connectivity index (χ3n) is 3.41. The van der Waals surface area contributed by atoms with Gasteiger partial charge in [-0.2, -0.15) is 0 Å². The standard InChI is InChI=1S/C12H16N4OS/c1-14-3-2-4-15(6-5-14)11-10(9-17)16-7-8-18-12(16)13-11/h7-9H,2-6H2,1H3. The lowest BCUT2D eigenvalue weighted by Crippen LogP contribution is -2.29. The molecule has 6 heteroatoms. The molecule has 0 amide bonds. The summed E-state index contributed by atoms with van der Waals surface area (Å²) in [5.41, 5.74) is 0.677. The van der Waals surface area contributed by atoms with Crippen molar-refractivity contribution in [3.63, 3.8) is 0 Å². The van der Waals surface area contributed by atoms with E-state index in [1.807, 2.05) is 16.0 Å². The van der Waals surface area contributed by atoms with E-state index >= 15 is 0 Å². The Morgan fingerprint density at radius 1 is 1.33 bits per heavy atom. The van der Waals surface area contributed by atoms with Crippen LogP contribution in [0.15, 0.2) is 11.6 Å². The quantitative estimate of drug-likeness (QED) is 0.768. The molecule has 0 aliphatic carbocycles. The topological polar surface area (TPSA) is 40.9 Å². The average molecular weight is 264 g/mol. The van der Waals surface area contributed by atoms with Gasteiger partial charge in [-0.05, 0) is 20.0 Å². The smallest absolute Gasteiger partial charge is 0.196 e. The van der Waals surface area contributed by atoms with Gasteiger partial charge in [-0.1, -0.05) is 0 Å². The predicted octanol–water partition coefficient (Wildman–Crippen LogP) is 1.35. The van der Waals surface area contributed by atoms with Crippen LogP contribution < -0.4 is 4.90 Å². The fourth-order valence-corrected chi connectivity index (χ4v) is 3.11. The van der Waals surface area contributed by atoms with Crippen molar-refractivity contribution in [1.29, 1.82) is 0 Å². The van der Waals surface area contributed by atoms with Crippen LogP contribution >= 0.6 is 11.3 Å². The molecule has 1 saturated heterocycles.